The molecule has 20 heavy (non-hydrogen) atoms. The average Bonchev–Trinajstić information content (AvgIpc) is 2.37. The summed E-state index contributed by atoms with van der Waals surface area (Å²) in [4.78, 5) is 15.2. The van der Waals surface area contributed by atoms with E-state index in [1.54, 1.807) is 26.2 Å². The molecule has 1 rings (SSSR count). The fraction of sp³-hybridized carbons (Fsp3) is 0.533. The zero-order valence-electron chi connectivity index (χ0n) is 12.6. The van der Waals surface area contributed by atoms with E-state index < -0.39 is 11.9 Å². The predicted octanol–water partition coefficient (Wildman–Crippen LogP) is 2.18. The molecule has 1 amide bonds. The molecular formula is C15H23FN2O2. The number of amides is 1. The van der Waals surface area contributed by atoms with Gasteiger partial charge in [-0.3, -0.25) is 4.79 Å². The third-order valence-electron chi connectivity index (χ3n) is 3.11. The van der Waals surface area contributed by atoms with Crippen LogP contribution in [0.4, 0.5) is 10.1 Å². The van der Waals surface area contributed by atoms with Crippen LogP contribution in [0.3, 0.4) is 0 Å². The highest BCUT2D eigenvalue weighted by molar-refractivity contribution is 5.81. The van der Waals surface area contributed by atoms with Crippen molar-refractivity contribution in [1.82, 2.24) is 4.90 Å². The first kappa shape index (κ1) is 16.4. The van der Waals surface area contributed by atoms with Crippen LogP contribution < -0.4 is 4.90 Å². The minimum absolute atomic E-state index is 0.0562. The molecule has 0 aromatic heterocycles. The summed E-state index contributed by atoms with van der Waals surface area (Å²) >= 11 is 0. The van der Waals surface area contributed by atoms with Crippen LogP contribution in [0.15, 0.2) is 18.2 Å². The van der Waals surface area contributed by atoms with Crippen LogP contribution in [0.1, 0.15) is 31.9 Å². The van der Waals surface area contributed by atoms with E-state index in [4.69, 9.17) is 0 Å². The van der Waals surface area contributed by atoms with E-state index in [9.17, 15) is 14.3 Å². The summed E-state index contributed by atoms with van der Waals surface area (Å²) in [6.07, 6.45) is -0.0868. The third kappa shape index (κ3) is 3.93. The van der Waals surface area contributed by atoms with E-state index in [0.717, 1.165) is 6.42 Å². The standard InChI is InChI=1S/C15H23FN2O2/c1-5-9-18(10-14(20)17(3)4)13-8-6-7-12(16)15(13)11(2)19/h6-8,11,19H,5,9-10H2,1-4H3/t11-/m1/s1. The Morgan fingerprint density at radius 2 is 2.05 bits per heavy atom. The fourth-order valence-electron chi connectivity index (χ4n) is 2.07. The molecule has 0 heterocycles. The molecule has 0 unspecified atom stereocenters. The number of benzene rings is 1. The van der Waals surface area contributed by atoms with Crippen molar-refractivity contribution in [3.8, 4) is 0 Å². The quantitative estimate of drug-likeness (QED) is 0.870. The van der Waals surface area contributed by atoms with Crippen molar-refractivity contribution in [2.24, 2.45) is 0 Å². The second kappa shape index (κ2) is 7.24. The lowest BCUT2D eigenvalue weighted by molar-refractivity contribution is -0.127. The Morgan fingerprint density at radius 1 is 1.40 bits per heavy atom. The van der Waals surface area contributed by atoms with Gasteiger partial charge in [-0.15, -0.1) is 0 Å². The first-order chi connectivity index (χ1) is 9.38. The van der Waals surface area contributed by atoms with E-state index >= 15 is 0 Å². The summed E-state index contributed by atoms with van der Waals surface area (Å²) in [7, 11) is 3.38. The molecule has 0 aliphatic heterocycles. The highest BCUT2D eigenvalue weighted by Crippen LogP contribution is 2.29. The van der Waals surface area contributed by atoms with Crippen molar-refractivity contribution in [2.45, 2.75) is 26.4 Å². The van der Waals surface area contributed by atoms with E-state index in [-0.39, 0.29) is 18.0 Å². The second-order valence-electron chi connectivity index (χ2n) is 5.06. The molecular weight excluding hydrogens is 259 g/mol. The first-order valence-corrected chi connectivity index (χ1v) is 6.80. The molecule has 0 saturated carbocycles. The van der Waals surface area contributed by atoms with E-state index in [1.165, 1.54) is 17.9 Å². The number of aliphatic hydroxyl groups excluding tert-OH is 1. The summed E-state index contributed by atoms with van der Waals surface area (Å²) in [6.45, 7) is 4.32. The van der Waals surface area contributed by atoms with Crippen LogP contribution in [0.5, 0.6) is 0 Å². The Balaban J connectivity index is 3.14. The van der Waals surface area contributed by atoms with Crippen molar-refractivity contribution in [1.29, 1.82) is 0 Å². The number of carbonyl (C=O) groups is 1. The normalized spacial score (nSPS) is 12.1. The van der Waals surface area contributed by atoms with Crippen LogP contribution in [-0.2, 0) is 4.79 Å². The Morgan fingerprint density at radius 3 is 2.55 bits per heavy atom. The maximum atomic E-state index is 13.9. The van der Waals surface area contributed by atoms with Gasteiger partial charge < -0.3 is 14.9 Å². The number of likely N-dealkylation sites (N-methyl/N-ethyl adjacent to an activating group) is 1. The summed E-state index contributed by atoms with van der Waals surface area (Å²) in [5.41, 5.74) is 0.824. The van der Waals surface area contributed by atoms with Gasteiger partial charge in [0.15, 0.2) is 0 Å². The van der Waals surface area contributed by atoms with Gasteiger partial charge in [0, 0.05) is 31.9 Å². The molecule has 0 bridgehead atoms. The van der Waals surface area contributed by atoms with Crippen molar-refractivity contribution < 1.29 is 14.3 Å². The zero-order valence-corrected chi connectivity index (χ0v) is 12.6. The number of halogens is 1. The highest BCUT2D eigenvalue weighted by atomic mass is 19.1. The SMILES string of the molecule is CCCN(CC(=O)N(C)C)c1cccc(F)c1[C@@H](C)O. The molecule has 1 atom stereocenters. The second-order valence-corrected chi connectivity index (χ2v) is 5.06. The molecule has 0 saturated heterocycles. The molecule has 4 nitrogen and oxygen atoms in total. The Kier molecular flexibility index (Phi) is 5.95. The van der Waals surface area contributed by atoms with Gasteiger partial charge in [0.25, 0.3) is 0 Å². The van der Waals surface area contributed by atoms with Crippen molar-refractivity contribution >= 4 is 11.6 Å². The number of aliphatic hydroxyl groups is 1. The van der Waals surface area contributed by atoms with Crippen LogP contribution in [0.2, 0.25) is 0 Å². The molecule has 1 aromatic carbocycles. The fourth-order valence-corrected chi connectivity index (χ4v) is 2.07. The largest absolute Gasteiger partial charge is 0.389 e. The minimum Gasteiger partial charge on any atom is -0.389 e. The molecule has 0 fully saturated rings. The van der Waals surface area contributed by atoms with Crippen LogP contribution in [-0.4, -0.2) is 43.1 Å². The van der Waals surface area contributed by atoms with Crippen molar-refractivity contribution in [2.75, 3.05) is 32.1 Å². The van der Waals surface area contributed by atoms with Gasteiger partial charge in [-0.05, 0) is 25.5 Å². The Hall–Kier alpha value is -1.62. The monoisotopic (exact) mass is 282 g/mol. The van der Waals surface area contributed by atoms with Gasteiger partial charge in [-0.25, -0.2) is 4.39 Å². The molecule has 5 heteroatoms. The number of nitrogens with zero attached hydrogens (tertiary/aromatic N) is 2. The maximum absolute atomic E-state index is 13.9. The number of rotatable bonds is 6. The summed E-state index contributed by atoms with van der Waals surface area (Å²) < 4.78 is 13.9. The Bertz CT molecular complexity index is 461. The van der Waals surface area contributed by atoms with E-state index in [0.29, 0.717) is 12.2 Å². The van der Waals surface area contributed by atoms with Gasteiger partial charge in [-0.1, -0.05) is 13.0 Å². The number of hydrogen-bond donors (Lipinski definition) is 1. The zero-order chi connectivity index (χ0) is 15.3. The number of carbonyl (C=O) groups excluding carboxylic acids is 1. The highest BCUT2D eigenvalue weighted by Gasteiger charge is 2.20. The molecule has 0 aliphatic carbocycles. The minimum atomic E-state index is -0.917. The summed E-state index contributed by atoms with van der Waals surface area (Å²) in [5.74, 6) is -0.504. The number of anilines is 1. The summed E-state index contributed by atoms with van der Waals surface area (Å²) in [6, 6.07) is 4.66. The molecule has 1 aromatic rings. The molecule has 1 N–H and O–H groups in total. The third-order valence-corrected chi connectivity index (χ3v) is 3.11. The van der Waals surface area contributed by atoms with Crippen LogP contribution in [0, 0.1) is 5.82 Å². The first-order valence-electron chi connectivity index (χ1n) is 6.80. The lowest BCUT2D eigenvalue weighted by Gasteiger charge is -2.28. The van der Waals surface area contributed by atoms with Crippen molar-refractivity contribution in [3.05, 3.63) is 29.6 Å². The lowest BCUT2D eigenvalue weighted by Crippen LogP contribution is -2.37. The average molecular weight is 282 g/mol. The molecule has 0 aliphatic rings. The van der Waals surface area contributed by atoms with Gasteiger partial charge in [0.05, 0.1) is 12.6 Å². The van der Waals surface area contributed by atoms with Crippen molar-refractivity contribution in [3.63, 3.8) is 0 Å². The smallest absolute Gasteiger partial charge is 0.241 e. The predicted molar refractivity (Wildman–Crippen MR) is 78.2 cm³/mol. The van der Waals surface area contributed by atoms with Gasteiger partial charge >= 0.3 is 0 Å². The molecule has 0 spiro atoms. The molecule has 0 radical (unpaired) electrons. The van der Waals surface area contributed by atoms with Crippen LogP contribution >= 0.6 is 0 Å². The topological polar surface area (TPSA) is 43.8 Å². The maximum Gasteiger partial charge on any atom is 0.241 e. The van der Waals surface area contributed by atoms with Gasteiger partial charge in [-0.2, -0.15) is 0 Å². The lowest BCUT2D eigenvalue weighted by atomic mass is 10.1. The van der Waals surface area contributed by atoms with Crippen LogP contribution in [0.25, 0.3) is 0 Å². The molecule has 112 valence electrons. The number of hydrogen-bond acceptors (Lipinski definition) is 3. The van der Waals surface area contributed by atoms with E-state index in [2.05, 4.69) is 0 Å². The Labute approximate surface area is 119 Å². The summed E-state index contributed by atoms with van der Waals surface area (Å²) in [5, 5.41) is 9.78. The van der Waals surface area contributed by atoms with E-state index in [1.807, 2.05) is 11.8 Å². The van der Waals surface area contributed by atoms with Gasteiger partial charge in [0.2, 0.25) is 5.91 Å². The van der Waals surface area contributed by atoms with Gasteiger partial charge in [0.1, 0.15) is 5.82 Å².